The summed E-state index contributed by atoms with van der Waals surface area (Å²) in [6.07, 6.45) is 6.54. The Labute approximate surface area is 77.6 Å². The van der Waals surface area contributed by atoms with Gasteiger partial charge < -0.3 is 5.11 Å². The highest BCUT2D eigenvalue weighted by Crippen LogP contribution is 2.32. The number of aliphatic hydroxyl groups excluding tert-OH is 1. The summed E-state index contributed by atoms with van der Waals surface area (Å²) in [5.41, 5.74) is 0.887. The summed E-state index contributed by atoms with van der Waals surface area (Å²) >= 11 is 0. The molecule has 1 aliphatic rings. The molecule has 1 fully saturated rings. The predicted molar refractivity (Wildman–Crippen MR) is 48.2 cm³/mol. The first-order valence-electron chi connectivity index (χ1n) is 4.88. The summed E-state index contributed by atoms with van der Waals surface area (Å²) in [6.45, 7) is 1.13. The van der Waals surface area contributed by atoms with Crippen LogP contribution in [0.5, 0.6) is 0 Å². The number of rotatable bonds is 5. The van der Waals surface area contributed by atoms with Crippen molar-refractivity contribution in [2.24, 2.45) is 5.92 Å². The van der Waals surface area contributed by atoms with Crippen LogP contribution in [0.1, 0.15) is 25.0 Å². The largest absolute Gasteiger partial charge is 0.396 e. The van der Waals surface area contributed by atoms with Gasteiger partial charge in [-0.3, -0.25) is 4.68 Å². The van der Waals surface area contributed by atoms with E-state index in [1.165, 1.54) is 19.3 Å². The van der Waals surface area contributed by atoms with Gasteiger partial charge in [-0.05, 0) is 12.3 Å². The molecule has 0 aromatic carbocycles. The van der Waals surface area contributed by atoms with E-state index in [0.29, 0.717) is 6.42 Å². The SMILES string of the molecule is OCCc1cn(CCC2CC2)nn1. The minimum atomic E-state index is 0.154. The molecule has 4 nitrogen and oxygen atoms in total. The molecule has 0 saturated heterocycles. The van der Waals surface area contributed by atoms with Crippen molar-refractivity contribution >= 4 is 0 Å². The van der Waals surface area contributed by atoms with Gasteiger partial charge in [-0.2, -0.15) is 0 Å². The number of aryl methyl sites for hydroxylation is 1. The van der Waals surface area contributed by atoms with Gasteiger partial charge in [0.1, 0.15) is 0 Å². The fourth-order valence-electron chi connectivity index (χ4n) is 1.40. The van der Waals surface area contributed by atoms with Crippen LogP contribution in [0.15, 0.2) is 6.20 Å². The normalized spacial score (nSPS) is 16.4. The molecule has 4 heteroatoms. The molecule has 1 heterocycles. The molecule has 1 saturated carbocycles. The second-order valence-corrected chi connectivity index (χ2v) is 3.68. The summed E-state index contributed by atoms with van der Waals surface area (Å²) in [5.74, 6) is 0.936. The van der Waals surface area contributed by atoms with E-state index >= 15 is 0 Å². The Morgan fingerprint density at radius 2 is 2.38 bits per heavy atom. The lowest BCUT2D eigenvalue weighted by atomic mass is 10.3. The third-order valence-corrected chi connectivity index (χ3v) is 2.42. The third kappa shape index (κ3) is 2.52. The maximum atomic E-state index is 8.68. The Morgan fingerprint density at radius 3 is 3.08 bits per heavy atom. The Balaban J connectivity index is 1.81. The van der Waals surface area contributed by atoms with E-state index in [4.69, 9.17) is 5.11 Å². The van der Waals surface area contributed by atoms with Crippen molar-refractivity contribution in [2.75, 3.05) is 6.61 Å². The molecule has 0 aliphatic heterocycles. The summed E-state index contributed by atoms with van der Waals surface area (Å²) in [7, 11) is 0. The topological polar surface area (TPSA) is 50.9 Å². The highest BCUT2D eigenvalue weighted by atomic mass is 16.3. The predicted octanol–water partition coefficient (Wildman–Crippen LogP) is 0.613. The Hall–Kier alpha value is -0.900. The van der Waals surface area contributed by atoms with Gasteiger partial charge >= 0.3 is 0 Å². The van der Waals surface area contributed by atoms with Crippen LogP contribution in [-0.2, 0) is 13.0 Å². The second-order valence-electron chi connectivity index (χ2n) is 3.68. The van der Waals surface area contributed by atoms with Crippen molar-refractivity contribution in [3.63, 3.8) is 0 Å². The molecule has 0 radical (unpaired) electrons. The van der Waals surface area contributed by atoms with Gasteiger partial charge in [0, 0.05) is 25.8 Å². The zero-order valence-electron chi connectivity index (χ0n) is 7.69. The van der Waals surface area contributed by atoms with Crippen LogP contribution in [0.4, 0.5) is 0 Å². The average Bonchev–Trinajstić information content (AvgIpc) is 2.85. The molecule has 72 valence electrons. The molecular formula is C9H15N3O. The van der Waals surface area contributed by atoms with E-state index in [9.17, 15) is 0 Å². The van der Waals surface area contributed by atoms with Crippen molar-refractivity contribution in [3.8, 4) is 0 Å². The van der Waals surface area contributed by atoms with Gasteiger partial charge in [0.2, 0.25) is 0 Å². The first kappa shape index (κ1) is 8.69. The first-order valence-corrected chi connectivity index (χ1v) is 4.88. The Bertz CT molecular complexity index is 268. The lowest BCUT2D eigenvalue weighted by molar-refractivity contribution is 0.298. The molecule has 1 N–H and O–H groups in total. The van der Waals surface area contributed by atoms with Gasteiger partial charge in [0.05, 0.1) is 5.69 Å². The van der Waals surface area contributed by atoms with Crippen molar-refractivity contribution in [3.05, 3.63) is 11.9 Å². The number of hydrogen-bond acceptors (Lipinski definition) is 3. The monoisotopic (exact) mass is 181 g/mol. The third-order valence-electron chi connectivity index (χ3n) is 2.42. The Kier molecular flexibility index (Phi) is 2.59. The van der Waals surface area contributed by atoms with Gasteiger partial charge in [-0.25, -0.2) is 0 Å². The molecule has 1 aliphatic carbocycles. The molecular weight excluding hydrogens is 166 g/mol. The lowest BCUT2D eigenvalue weighted by Gasteiger charge is -1.96. The standard InChI is InChI=1S/C9H15N3O/c13-6-4-9-7-12(11-10-9)5-3-8-1-2-8/h7-8,13H,1-6H2. The van der Waals surface area contributed by atoms with Crippen molar-refractivity contribution in [1.82, 2.24) is 15.0 Å². The van der Waals surface area contributed by atoms with Crippen molar-refractivity contribution in [2.45, 2.75) is 32.2 Å². The van der Waals surface area contributed by atoms with Crippen molar-refractivity contribution in [1.29, 1.82) is 0 Å². The van der Waals surface area contributed by atoms with E-state index in [2.05, 4.69) is 10.3 Å². The number of hydrogen-bond donors (Lipinski definition) is 1. The zero-order chi connectivity index (χ0) is 9.10. The fourth-order valence-corrected chi connectivity index (χ4v) is 1.40. The lowest BCUT2D eigenvalue weighted by Crippen LogP contribution is -1.99. The van der Waals surface area contributed by atoms with Gasteiger partial charge in [0.15, 0.2) is 0 Å². The maximum absolute atomic E-state index is 8.68. The van der Waals surface area contributed by atoms with Crippen LogP contribution >= 0.6 is 0 Å². The Morgan fingerprint density at radius 1 is 1.54 bits per heavy atom. The molecule has 0 amide bonds. The average molecular weight is 181 g/mol. The fraction of sp³-hybridized carbons (Fsp3) is 0.778. The molecule has 13 heavy (non-hydrogen) atoms. The van der Waals surface area contributed by atoms with E-state index < -0.39 is 0 Å². The van der Waals surface area contributed by atoms with Gasteiger partial charge in [0.25, 0.3) is 0 Å². The summed E-state index contributed by atoms with van der Waals surface area (Å²) in [4.78, 5) is 0. The first-order chi connectivity index (χ1) is 6.38. The van der Waals surface area contributed by atoms with Crippen LogP contribution in [0.3, 0.4) is 0 Å². The number of aromatic nitrogens is 3. The number of nitrogens with zero attached hydrogens (tertiary/aromatic N) is 3. The van der Waals surface area contributed by atoms with E-state index in [-0.39, 0.29) is 6.61 Å². The molecule has 1 aromatic heterocycles. The van der Waals surface area contributed by atoms with Crippen LogP contribution in [-0.4, -0.2) is 26.7 Å². The minimum Gasteiger partial charge on any atom is -0.396 e. The van der Waals surface area contributed by atoms with E-state index in [0.717, 1.165) is 18.2 Å². The molecule has 0 unspecified atom stereocenters. The van der Waals surface area contributed by atoms with Gasteiger partial charge in [-0.1, -0.05) is 18.1 Å². The quantitative estimate of drug-likeness (QED) is 0.724. The highest BCUT2D eigenvalue weighted by Gasteiger charge is 2.20. The molecule has 0 atom stereocenters. The summed E-state index contributed by atoms with van der Waals surface area (Å²) < 4.78 is 1.88. The summed E-state index contributed by atoms with van der Waals surface area (Å²) in [6, 6.07) is 0. The summed E-state index contributed by atoms with van der Waals surface area (Å²) in [5, 5.41) is 16.6. The van der Waals surface area contributed by atoms with Crippen LogP contribution in [0.25, 0.3) is 0 Å². The second kappa shape index (κ2) is 3.87. The van der Waals surface area contributed by atoms with Crippen LogP contribution in [0.2, 0.25) is 0 Å². The molecule has 1 aromatic rings. The molecule has 0 spiro atoms. The maximum Gasteiger partial charge on any atom is 0.0849 e. The van der Waals surface area contributed by atoms with Crippen LogP contribution in [0, 0.1) is 5.92 Å². The van der Waals surface area contributed by atoms with Crippen molar-refractivity contribution < 1.29 is 5.11 Å². The zero-order valence-corrected chi connectivity index (χ0v) is 7.69. The number of aliphatic hydroxyl groups is 1. The van der Waals surface area contributed by atoms with Gasteiger partial charge in [-0.15, -0.1) is 5.10 Å². The highest BCUT2D eigenvalue weighted by molar-refractivity contribution is 4.92. The smallest absolute Gasteiger partial charge is 0.0849 e. The minimum absolute atomic E-state index is 0.154. The van der Waals surface area contributed by atoms with E-state index in [1.54, 1.807) is 0 Å². The van der Waals surface area contributed by atoms with E-state index in [1.807, 2.05) is 10.9 Å². The molecule has 0 bridgehead atoms. The molecule has 2 rings (SSSR count). The van der Waals surface area contributed by atoms with Crippen LogP contribution < -0.4 is 0 Å².